The van der Waals surface area contributed by atoms with E-state index in [1.807, 2.05) is 20.8 Å². The zero-order valence-corrected chi connectivity index (χ0v) is 53.4. The largest absolute Gasteiger partial charge is 0.383 e. The Morgan fingerprint density at radius 1 is 0.630 bits per heavy atom. The fourth-order valence-corrected chi connectivity index (χ4v) is 9.92. The summed E-state index contributed by atoms with van der Waals surface area (Å²) in [5.41, 5.74) is 26.5. The molecule has 508 valence electrons. The number of hydrogen-bond acceptors (Lipinski definition) is 20. The molecular formula is C56H94N26O10. The summed E-state index contributed by atoms with van der Waals surface area (Å²) < 4.78 is 3.37. The number of hydrazine groups is 1. The van der Waals surface area contributed by atoms with Crippen LogP contribution in [0.1, 0.15) is 92.1 Å². The van der Waals surface area contributed by atoms with Crippen LogP contribution in [0.4, 0.5) is 11.8 Å². The van der Waals surface area contributed by atoms with Gasteiger partial charge >= 0.3 is 11.4 Å². The second-order valence-electron chi connectivity index (χ2n) is 23.7. The van der Waals surface area contributed by atoms with Crippen molar-refractivity contribution in [3.05, 3.63) is 78.0 Å². The summed E-state index contributed by atoms with van der Waals surface area (Å²) in [4.78, 5) is 155. The molecule has 36 nitrogen and oxygen atoms in total. The molecule has 36 heteroatoms. The van der Waals surface area contributed by atoms with Crippen LogP contribution in [0.25, 0.3) is 11.0 Å². The van der Waals surface area contributed by atoms with E-state index in [0.29, 0.717) is 45.1 Å². The molecule has 0 bridgehead atoms. The third-order valence-corrected chi connectivity index (χ3v) is 15.3. The lowest BCUT2D eigenvalue weighted by Gasteiger charge is -2.35. The van der Waals surface area contributed by atoms with Gasteiger partial charge < -0.3 is 79.8 Å². The van der Waals surface area contributed by atoms with Crippen molar-refractivity contribution in [1.82, 2.24) is 85.7 Å². The van der Waals surface area contributed by atoms with E-state index in [9.17, 15) is 47.9 Å². The smallest absolute Gasteiger partial charge is 0.349 e. The van der Waals surface area contributed by atoms with Crippen LogP contribution in [0.15, 0.2) is 49.9 Å². The standard InChI is InChI=1S/C56H94N26O10/c1-32(2)69-38(33(3)12-10-18-67-51(60)61)24-80(45(87)30-78-21-16-41(57)72-54(78)91)28-43(85)71-39(34(4)13-11-19-68-52(62)63)25-81(46(88)31-82-22-35(5)48(89)75-55(82)92)27-42(84)70-36(14-8-9-17-66-50(58)59)23-79(26-40(83)56(6,7)76-65)44(86)29-77-20-15-37-47(77)73-53(64)74-49(37)90/h15-16,20-22,32-34,36,38-39,69,76H,8-14,17-19,23-31,65H2,1-7H3,(H,70,84)(H,71,85)(H2,57,72,91)(H4,58,59,66)(H4,60,61,67)(H4,62,63,68)(H,75,89,92)(H3,64,73,74,90)/t33-,34-,36-,38+,39+/m0/s1. The van der Waals surface area contributed by atoms with E-state index in [1.54, 1.807) is 6.92 Å². The van der Waals surface area contributed by atoms with Crippen LogP contribution in [0, 0.1) is 35.0 Å². The van der Waals surface area contributed by atoms with Crippen molar-refractivity contribution < 1.29 is 28.8 Å². The Morgan fingerprint density at radius 2 is 1.14 bits per heavy atom. The minimum atomic E-state index is -1.36. The Labute approximate surface area is 531 Å². The van der Waals surface area contributed by atoms with Crippen molar-refractivity contribution in [3.63, 3.8) is 0 Å². The van der Waals surface area contributed by atoms with E-state index in [-0.39, 0.29) is 90.8 Å². The third-order valence-electron chi connectivity index (χ3n) is 15.3. The number of ketones is 1. The molecule has 0 saturated carbocycles. The van der Waals surface area contributed by atoms with Crippen LogP contribution < -0.4 is 94.3 Å². The Hall–Kier alpha value is -9.71. The average Bonchev–Trinajstić information content (AvgIpc) is 1.95. The molecule has 0 aromatic carbocycles. The number of amides is 5. The van der Waals surface area contributed by atoms with Gasteiger partial charge in [0.05, 0.1) is 30.6 Å². The van der Waals surface area contributed by atoms with E-state index in [4.69, 9.17) is 50.7 Å². The minimum absolute atomic E-state index is 0.0398. The number of aromatic amines is 2. The van der Waals surface area contributed by atoms with Gasteiger partial charge in [0.1, 0.15) is 31.1 Å². The third kappa shape index (κ3) is 24.6. The maximum atomic E-state index is 14.9. The van der Waals surface area contributed by atoms with Gasteiger partial charge in [0, 0.05) is 87.6 Å². The number of rotatable bonds is 39. The van der Waals surface area contributed by atoms with Crippen LogP contribution in [-0.2, 0) is 48.4 Å². The van der Waals surface area contributed by atoms with Crippen LogP contribution in [0.3, 0.4) is 0 Å². The molecule has 4 heterocycles. The van der Waals surface area contributed by atoms with Gasteiger partial charge in [0.15, 0.2) is 23.7 Å². The SMILES string of the molecule is Cc1cn(CC(=O)N(CC(=O)N[C@@H](CCCCNC(=N)N)CN(CC(=O)C(C)(C)NN)C(=O)Cn2ccc3c(=O)[nH]c(N)nc32)C[C@@H](NC(=O)CN(C[C@@H](NC(C)C)[C@@H](C)CCCNC(=N)N)C(=O)Cn2ccc(N)nc2=O)[C@@H](C)CCCNC(=N)N)c(=O)[nH]c1=O. The summed E-state index contributed by atoms with van der Waals surface area (Å²) >= 11 is 0. The van der Waals surface area contributed by atoms with Crippen LogP contribution >= 0.6 is 0 Å². The highest BCUT2D eigenvalue weighted by Gasteiger charge is 2.34. The summed E-state index contributed by atoms with van der Waals surface area (Å²) in [5.74, 6) is -0.0917. The lowest BCUT2D eigenvalue weighted by molar-refractivity contribution is -0.139. The Bertz CT molecular complexity index is 3460. The molecule has 0 aliphatic rings. The van der Waals surface area contributed by atoms with Crippen molar-refractivity contribution in [2.24, 2.45) is 34.9 Å². The van der Waals surface area contributed by atoms with Crippen LogP contribution in [-0.4, -0.2) is 190 Å². The Kier molecular flexibility index (Phi) is 28.9. The molecule has 0 saturated heterocycles. The number of aryl methyl sites for hydroxylation is 1. The lowest BCUT2D eigenvalue weighted by Crippen LogP contribution is -2.57. The number of nitrogens with one attached hydrogen (secondary N) is 12. The van der Waals surface area contributed by atoms with E-state index >= 15 is 0 Å². The normalized spacial score (nSPS) is 13.1. The highest BCUT2D eigenvalue weighted by Crippen LogP contribution is 2.18. The molecule has 4 rings (SSSR count). The summed E-state index contributed by atoms with van der Waals surface area (Å²) in [6.45, 7) is 8.62. The maximum absolute atomic E-state index is 14.9. The number of anilines is 2. The first-order valence-electron chi connectivity index (χ1n) is 30.2. The molecule has 0 spiro atoms. The Morgan fingerprint density at radius 3 is 1.70 bits per heavy atom. The van der Waals surface area contributed by atoms with Crippen LogP contribution in [0.2, 0.25) is 0 Å². The van der Waals surface area contributed by atoms with E-state index in [1.165, 1.54) is 65.9 Å². The summed E-state index contributed by atoms with van der Waals surface area (Å²) in [6.07, 6.45) is 6.75. The molecule has 5 atom stereocenters. The first-order chi connectivity index (χ1) is 43.3. The quantitative estimate of drug-likeness (QED) is 0.00654. The highest BCUT2D eigenvalue weighted by atomic mass is 16.2. The molecule has 92 heavy (non-hydrogen) atoms. The van der Waals surface area contributed by atoms with E-state index in [0.717, 1.165) is 14.0 Å². The maximum Gasteiger partial charge on any atom is 0.349 e. The Balaban J connectivity index is 1.81. The van der Waals surface area contributed by atoms with Gasteiger partial charge in [-0.1, -0.05) is 27.7 Å². The summed E-state index contributed by atoms with van der Waals surface area (Å²) in [7, 11) is 0. The number of carbonyl (C=O) groups is 6. The number of fused-ring (bicyclic) bond motifs is 1. The van der Waals surface area contributed by atoms with Gasteiger partial charge in [-0.3, -0.25) is 79.5 Å². The second kappa shape index (κ2) is 35.6. The number of guanidine groups is 3. The number of Topliss-reactive ketones (excluding diaryl/α,β-unsaturated/α-hetero) is 1. The van der Waals surface area contributed by atoms with Crippen molar-refractivity contribution >= 4 is 76.0 Å². The molecule has 4 aromatic rings. The number of H-pyrrole nitrogens is 2. The summed E-state index contributed by atoms with van der Waals surface area (Å²) in [6, 6.07) is 0.269. The number of hydrogen-bond donors (Lipinski definition) is 18. The molecule has 24 N–H and O–H groups in total. The summed E-state index contributed by atoms with van der Waals surface area (Å²) in [5, 5.41) is 40.7. The number of nitrogens with zero attached hydrogens (tertiary/aromatic N) is 8. The number of carbonyl (C=O) groups excluding carboxylic acids is 6. The number of aromatic nitrogens is 7. The zero-order chi connectivity index (χ0) is 68.6. The number of unbranched alkanes of at least 4 members (excludes halogenated alkanes) is 1. The molecule has 0 radical (unpaired) electrons. The molecule has 4 aromatic heterocycles. The van der Waals surface area contributed by atoms with Crippen LogP contribution in [0.5, 0.6) is 0 Å². The highest BCUT2D eigenvalue weighted by molar-refractivity contribution is 5.93. The fourth-order valence-electron chi connectivity index (χ4n) is 9.92. The van der Waals surface area contributed by atoms with Crippen molar-refractivity contribution in [2.45, 2.75) is 143 Å². The predicted molar refractivity (Wildman–Crippen MR) is 346 cm³/mol. The lowest BCUT2D eigenvalue weighted by atomic mass is 9.94. The topological polar surface area (TPSA) is 564 Å². The zero-order valence-electron chi connectivity index (χ0n) is 53.4. The van der Waals surface area contributed by atoms with Gasteiger partial charge in [0.25, 0.3) is 11.1 Å². The molecular weight excluding hydrogens is 1200 g/mol. The molecule has 5 amide bonds. The van der Waals surface area contributed by atoms with Gasteiger partial charge in [-0.25, -0.2) is 15.0 Å². The fraction of sp³-hybridized carbons (Fsp3) is 0.589. The molecule has 0 fully saturated rings. The molecule has 0 aliphatic heterocycles. The van der Waals surface area contributed by atoms with E-state index < -0.39 is 133 Å². The second-order valence-corrected chi connectivity index (χ2v) is 23.7. The predicted octanol–water partition coefficient (Wildman–Crippen LogP) is -4.91. The average molecular weight is 1290 g/mol. The molecule has 0 aliphatic carbocycles. The number of nitrogen functional groups attached to an aromatic ring is 2. The monoisotopic (exact) mass is 1290 g/mol. The van der Waals surface area contributed by atoms with Crippen molar-refractivity contribution in [3.8, 4) is 0 Å². The van der Waals surface area contributed by atoms with Crippen molar-refractivity contribution in [1.29, 1.82) is 16.2 Å². The van der Waals surface area contributed by atoms with Crippen molar-refractivity contribution in [2.75, 3.05) is 70.4 Å². The first-order valence-corrected chi connectivity index (χ1v) is 30.2. The van der Waals surface area contributed by atoms with Gasteiger partial charge in [-0.15, -0.1) is 0 Å². The molecule has 0 unspecified atom stereocenters. The number of nitrogens with two attached hydrogens (primary N) is 6. The first kappa shape index (κ1) is 74.8. The van der Waals surface area contributed by atoms with E-state index in [2.05, 4.69) is 57.3 Å². The van der Waals surface area contributed by atoms with Gasteiger partial charge in [0.2, 0.25) is 35.5 Å². The van der Waals surface area contributed by atoms with Gasteiger partial charge in [-0.05, 0) is 89.7 Å². The minimum Gasteiger partial charge on any atom is -0.383 e. The van der Waals surface area contributed by atoms with Gasteiger partial charge in [-0.2, -0.15) is 9.97 Å².